The van der Waals surface area contributed by atoms with Crippen LogP contribution in [-0.4, -0.2) is 32.3 Å². The number of esters is 1. The van der Waals surface area contributed by atoms with E-state index in [-0.39, 0.29) is 12.2 Å². The summed E-state index contributed by atoms with van der Waals surface area (Å²) in [7, 11) is 2.67. The molecule has 0 aliphatic carbocycles. The molecule has 0 fully saturated rings. The van der Waals surface area contributed by atoms with Gasteiger partial charge in [0.2, 0.25) is 0 Å². The summed E-state index contributed by atoms with van der Waals surface area (Å²) in [4.78, 5) is 24.8. The van der Waals surface area contributed by atoms with Crippen molar-refractivity contribution in [1.29, 1.82) is 0 Å². The molecule has 0 atom stereocenters. The van der Waals surface area contributed by atoms with Crippen molar-refractivity contribution in [3.63, 3.8) is 0 Å². The van der Waals surface area contributed by atoms with Gasteiger partial charge < -0.3 is 14.4 Å². The maximum atomic E-state index is 13.2. The van der Waals surface area contributed by atoms with E-state index in [1.54, 1.807) is 54.6 Å². The Bertz CT molecular complexity index is 1110. The number of amides is 1. The van der Waals surface area contributed by atoms with Crippen molar-refractivity contribution in [2.45, 2.75) is 12.7 Å². The number of anilines is 1. The Kier molecular flexibility index (Phi) is 6.82. The zero-order chi connectivity index (χ0) is 23.3. The van der Waals surface area contributed by atoms with Crippen LogP contribution in [0.4, 0.5) is 18.9 Å². The molecule has 166 valence electrons. The largest absolute Gasteiger partial charge is 0.497 e. The number of benzene rings is 3. The van der Waals surface area contributed by atoms with E-state index in [4.69, 9.17) is 9.47 Å². The lowest BCUT2D eigenvalue weighted by atomic mass is 9.98. The maximum absolute atomic E-state index is 13.2. The minimum atomic E-state index is -5.04. The molecule has 3 aromatic rings. The first-order valence-corrected chi connectivity index (χ1v) is 9.54. The van der Waals surface area contributed by atoms with E-state index in [2.05, 4.69) is 0 Å². The molecule has 8 heteroatoms. The lowest BCUT2D eigenvalue weighted by Gasteiger charge is -2.24. The third kappa shape index (κ3) is 5.08. The van der Waals surface area contributed by atoms with Gasteiger partial charge in [0.15, 0.2) is 0 Å². The fraction of sp³-hybridized carbons (Fsp3) is 0.167. The van der Waals surface area contributed by atoms with Crippen LogP contribution in [0, 0.1) is 0 Å². The monoisotopic (exact) mass is 443 g/mol. The van der Waals surface area contributed by atoms with Crippen molar-refractivity contribution >= 4 is 17.6 Å². The fourth-order valence-corrected chi connectivity index (χ4v) is 3.21. The van der Waals surface area contributed by atoms with Gasteiger partial charge in [0.1, 0.15) is 5.75 Å². The molecule has 3 aromatic carbocycles. The first-order valence-electron chi connectivity index (χ1n) is 9.54. The van der Waals surface area contributed by atoms with E-state index >= 15 is 0 Å². The van der Waals surface area contributed by atoms with Gasteiger partial charge >= 0.3 is 18.1 Å². The van der Waals surface area contributed by atoms with Crippen molar-refractivity contribution in [3.05, 3.63) is 83.9 Å². The van der Waals surface area contributed by atoms with E-state index in [1.807, 2.05) is 0 Å². The predicted octanol–water partition coefficient (Wildman–Crippen LogP) is 5.24. The molecule has 0 heterocycles. The average molecular weight is 443 g/mol. The summed E-state index contributed by atoms with van der Waals surface area (Å²) < 4.78 is 49.6. The standard InChI is InChI=1S/C24H20F3NO4/c1-31-19-7-5-6-18(14-19)28(23(30)24(25,26)27)15-16-10-12-17(13-11-16)20-8-3-4-9-21(20)22(29)32-2/h3-14H,15H2,1-2H3. The number of carbonyl (C=O) groups excluding carboxylic acids is 2. The van der Waals surface area contributed by atoms with Gasteiger partial charge in [-0.1, -0.05) is 48.5 Å². The average Bonchev–Trinajstić information content (AvgIpc) is 2.81. The van der Waals surface area contributed by atoms with E-state index in [0.717, 1.165) is 0 Å². The number of rotatable bonds is 6. The van der Waals surface area contributed by atoms with E-state index < -0.39 is 18.1 Å². The van der Waals surface area contributed by atoms with Crippen LogP contribution < -0.4 is 9.64 Å². The first kappa shape index (κ1) is 22.9. The molecule has 32 heavy (non-hydrogen) atoms. The second-order valence-corrected chi connectivity index (χ2v) is 6.82. The third-order valence-corrected chi connectivity index (χ3v) is 4.79. The highest BCUT2D eigenvalue weighted by atomic mass is 19.4. The fourth-order valence-electron chi connectivity index (χ4n) is 3.21. The van der Waals surface area contributed by atoms with Gasteiger partial charge in [0, 0.05) is 11.8 Å². The molecule has 0 saturated heterocycles. The molecular weight excluding hydrogens is 423 g/mol. The summed E-state index contributed by atoms with van der Waals surface area (Å²) in [6, 6.07) is 19.3. The second-order valence-electron chi connectivity index (χ2n) is 6.82. The Morgan fingerprint density at radius 2 is 1.59 bits per heavy atom. The maximum Gasteiger partial charge on any atom is 0.471 e. The molecule has 0 saturated carbocycles. The normalized spacial score (nSPS) is 11.0. The van der Waals surface area contributed by atoms with E-state index in [0.29, 0.717) is 32.9 Å². The molecule has 0 N–H and O–H groups in total. The van der Waals surface area contributed by atoms with Gasteiger partial charge in [-0.2, -0.15) is 13.2 Å². The van der Waals surface area contributed by atoms with Crippen LogP contribution in [0.5, 0.6) is 5.75 Å². The number of alkyl halides is 3. The number of hydrogen-bond donors (Lipinski definition) is 0. The number of methoxy groups -OCH3 is 2. The van der Waals surface area contributed by atoms with Crippen molar-refractivity contribution in [2.24, 2.45) is 0 Å². The van der Waals surface area contributed by atoms with Crippen molar-refractivity contribution < 1.29 is 32.2 Å². The Morgan fingerprint density at radius 1 is 0.906 bits per heavy atom. The molecule has 0 radical (unpaired) electrons. The number of halogens is 3. The molecule has 5 nitrogen and oxygen atoms in total. The Morgan fingerprint density at radius 3 is 2.22 bits per heavy atom. The van der Waals surface area contributed by atoms with E-state index in [1.165, 1.54) is 32.4 Å². The summed E-state index contributed by atoms with van der Waals surface area (Å²) in [6.07, 6.45) is -5.04. The Balaban J connectivity index is 1.93. The highest BCUT2D eigenvalue weighted by Crippen LogP contribution is 2.29. The molecule has 1 amide bonds. The van der Waals surface area contributed by atoms with Crippen molar-refractivity contribution in [3.8, 4) is 16.9 Å². The summed E-state index contributed by atoms with van der Waals surface area (Å²) in [6.45, 7) is -0.301. The molecule has 3 rings (SSSR count). The highest BCUT2D eigenvalue weighted by Gasteiger charge is 2.43. The van der Waals surface area contributed by atoms with Crippen LogP contribution in [-0.2, 0) is 16.1 Å². The van der Waals surface area contributed by atoms with Crippen molar-refractivity contribution in [1.82, 2.24) is 0 Å². The smallest absolute Gasteiger partial charge is 0.471 e. The first-order chi connectivity index (χ1) is 15.2. The molecule has 0 bridgehead atoms. The molecule has 0 aromatic heterocycles. The summed E-state index contributed by atoms with van der Waals surface area (Å²) in [5, 5.41) is 0. The van der Waals surface area contributed by atoms with Gasteiger partial charge in [0.05, 0.1) is 26.3 Å². The second kappa shape index (κ2) is 9.55. The highest BCUT2D eigenvalue weighted by molar-refractivity contribution is 5.98. The van der Waals surface area contributed by atoms with Crippen LogP contribution in [0.2, 0.25) is 0 Å². The van der Waals surface area contributed by atoms with Gasteiger partial charge in [-0.05, 0) is 34.9 Å². The molecule has 0 aliphatic heterocycles. The van der Waals surface area contributed by atoms with Crippen LogP contribution in [0.3, 0.4) is 0 Å². The van der Waals surface area contributed by atoms with Crippen LogP contribution in [0.15, 0.2) is 72.8 Å². The summed E-state index contributed by atoms with van der Waals surface area (Å²) in [5.74, 6) is -2.15. The van der Waals surface area contributed by atoms with Gasteiger partial charge in [-0.15, -0.1) is 0 Å². The Hall–Kier alpha value is -3.81. The zero-order valence-electron chi connectivity index (χ0n) is 17.3. The lowest BCUT2D eigenvalue weighted by molar-refractivity contribution is -0.170. The SMILES string of the molecule is COC(=O)c1ccccc1-c1ccc(CN(C(=O)C(F)(F)F)c2cccc(OC)c2)cc1. The predicted molar refractivity (Wildman–Crippen MR) is 113 cm³/mol. The van der Waals surface area contributed by atoms with Crippen LogP contribution in [0.1, 0.15) is 15.9 Å². The zero-order valence-corrected chi connectivity index (χ0v) is 17.3. The van der Waals surface area contributed by atoms with Gasteiger partial charge in [-0.25, -0.2) is 4.79 Å². The Labute approximate surface area is 183 Å². The van der Waals surface area contributed by atoms with E-state index in [9.17, 15) is 22.8 Å². The summed E-state index contributed by atoms with van der Waals surface area (Å²) in [5.41, 5.74) is 2.22. The van der Waals surface area contributed by atoms with Crippen LogP contribution >= 0.6 is 0 Å². The van der Waals surface area contributed by atoms with Crippen LogP contribution in [0.25, 0.3) is 11.1 Å². The third-order valence-electron chi connectivity index (χ3n) is 4.79. The van der Waals surface area contributed by atoms with Gasteiger partial charge in [0.25, 0.3) is 0 Å². The number of hydrogen-bond acceptors (Lipinski definition) is 4. The quantitative estimate of drug-likeness (QED) is 0.489. The van der Waals surface area contributed by atoms with Crippen molar-refractivity contribution in [2.75, 3.05) is 19.1 Å². The summed E-state index contributed by atoms with van der Waals surface area (Å²) >= 11 is 0. The molecule has 0 unspecified atom stereocenters. The topological polar surface area (TPSA) is 55.8 Å². The number of ether oxygens (including phenoxy) is 2. The molecule has 0 aliphatic rings. The molecular formula is C24H20F3NO4. The minimum Gasteiger partial charge on any atom is -0.497 e. The number of carbonyl (C=O) groups is 2. The van der Waals surface area contributed by atoms with Gasteiger partial charge in [-0.3, -0.25) is 4.79 Å². The number of nitrogens with zero attached hydrogens (tertiary/aromatic N) is 1. The molecule has 0 spiro atoms. The minimum absolute atomic E-state index is 0.0618. The lowest BCUT2D eigenvalue weighted by Crippen LogP contribution is -2.40.